The number of amides is 1. The van der Waals surface area contributed by atoms with E-state index in [9.17, 15) is 18.0 Å². The lowest BCUT2D eigenvalue weighted by atomic mass is 9.85. The molecular weight excluding hydrogens is 415 g/mol. The lowest BCUT2D eigenvalue weighted by molar-refractivity contribution is -0.215. The third-order valence-electron chi connectivity index (χ3n) is 5.10. The van der Waals surface area contributed by atoms with E-state index in [4.69, 9.17) is 0 Å². The second-order valence-electron chi connectivity index (χ2n) is 7.11. The van der Waals surface area contributed by atoms with Crippen molar-refractivity contribution in [2.75, 3.05) is 18.4 Å². The van der Waals surface area contributed by atoms with Crippen molar-refractivity contribution in [3.8, 4) is 10.7 Å². The molecule has 1 aliphatic heterocycles. The summed E-state index contributed by atoms with van der Waals surface area (Å²) in [4.78, 5) is 18.6. The van der Waals surface area contributed by atoms with Crippen molar-refractivity contribution >= 4 is 22.4 Å². The molecule has 1 N–H and O–H groups in total. The fourth-order valence-electron chi connectivity index (χ4n) is 3.49. The van der Waals surface area contributed by atoms with Gasteiger partial charge in [-0.2, -0.15) is 13.2 Å². The minimum atomic E-state index is -4.68. The topological polar surface area (TPSA) is 71.0 Å². The van der Waals surface area contributed by atoms with Gasteiger partial charge in [0.05, 0.1) is 0 Å². The summed E-state index contributed by atoms with van der Waals surface area (Å²) in [5.41, 5.74) is -1.05. The molecule has 3 heterocycles. The Morgan fingerprint density at radius 2 is 1.90 bits per heavy atom. The molecule has 1 unspecified atom stereocenters. The minimum absolute atomic E-state index is 0.0192. The number of hydrogen-bond acceptors (Lipinski definition) is 6. The molecule has 0 spiro atoms. The summed E-state index contributed by atoms with van der Waals surface area (Å²) in [6.07, 6.45) is -3.41. The molecule has 1 aliphatic rings. The Morgan fingerprint density at radius 3 is 2.60 bits per heavy atom. The molecule has 10 heteroatoms. The molecule has 1 aromatic carbocycles. The van der Waals surface area contributed by atoms with Gasteiger partial charge in [-0.1, -0.05) is 47.7 Å². The van der Waals surface area contributed by atoms with Gasteiger partial charge in [0.1, 0.15) is 5.69 Å². The third kappa shape index (κ3) is 4.05. The number of anilines is 1. The molecule has 4 rings (SSSR count). The van der Waals surface area contributed by atoms with E-state index in [1.807, 2.05) is 30.3 Å². The first kappa shape index (κ1) is 20.4. The fourth-order valence-corrected chi connectivity index (χ4v) is 4.21. The maximum Gasteiger partial charge on any atom is 0.404 e. The van der Waals surface area contributed by atoms with E-state index < -0.39 is 24.0 Å². The lowest BCUT2D eigenvalue weighted by Crippen LogP contribution is -2.49. The SMILES string of the molecule is O=C(Nc1nnc(-c2ccccn2)s1)C1(C(F)(F)F)CCN(Cc2ccccc2)C1. The van der Waals surface area contributed by atoms with Crippen LogP contribution in [-0.4, -0.2) is 45.3 Å². The van der Waals surface area contributed by atoms with E-state index in [1.165, 1.54) is 0 Å². The van der Waals surface area contributed by atoms with Crippen LogP contribution >= 0.6 is 11.3 Å². The molecule has 2 aromatic heterocycles. The number of carbonyl (C=O) groups is 1. The van der Waals surface area contributed by atoms with E-state index in [-0.39, 0.29) is 18.1 Å². The Labute approximate surface area is 174 Å². The number of nitrogens with zero attached hydrogens (tertiary/aromatic N) is 4. The molecule has 1 fully saturated rings. The maximum absolute atomic E-state index is 14.0. The number of likely N-dealkylation sites (tertiary alicyclic amines) is 1. The lowest BCUT2D eigenvalue weighted by Gasteiger charge is -2.30. The van der Waals surface area contributed by atoms with Crippen molar-refractivity contribution in [2.24, 2.45) is 5.41 Å². The van der Waals surface area contributed by atoms with Gasteiger partial charge in [-0.25, -0.2) is 0 Å². The number of carbonyl (C=O) groups excluding carboxylic acids is 1. The molecular formula is C20H18F3N5OS. The van der Waals surface area contributed by atoms with Crippen molar-refractivity contribution in [1.82, 2.24) is 20.1 Å². The molecule has 6 nitrogen and oxygen atoms in total. The second kappa shape index (κ2) is 8.11. The van der Waals surface area contributed by atoms with E-state index in [0.717, 1.165) is 16.9 Å². The molecule has 1 atom stereocenters. The molecule has 1 saturated heterocycles. The summed E-state index contributed by atoms with van der Waals surface area (Å²) in [6.45, 7) is 0.134. The predicted octanol–water partition coefficient (Wildman–Crippen LogP) is 3.99. The summed E-state index contributed by atoms with van der Waals surface area (Å²) in [6, 6.07) is 14.4. The Bertz CT molecular complexity index is 1010. The van der Waals surface area contributed by atoms with Crippen molar-refractivity contribution in [1.29, 1.82) is 0 Å². The van der Waals surface area contributed by atoms with Gasteiger partial charge in [-0.15, -0.1) is 10.2 Å². The van der Waals surface area contributed by atoms with Crippen LogP contribution in [0.1, 0.15) is 12.0 Å². The summed E-state index contributed by atoms with van der Waals surface area (Å²) in [5, 5.41) is 10.5. The van der Waals surface area contributed by atoms with E-state index >= 15 is 0 Å². The van der Waals surface area contributed by atoms with Gasteiger partial charge in [0, 0.05) is 19.3 Å². The van der Waals surface area contributed by atoms with E-state index in [0.29, 0.717) is 17.2 Å². The van der Waals surface area contributed by atoms with Gasteiger partial charge in [0.2, 0.25) is 11.0 Å². The fraction of sp³-hybridized carbons (Fsp3) is 0.300. The van der Waals surface area contributed by atoms with Crippen molar-refractivity contribution in [3.05, 3.63) is 60.3 Å². The van der Waals surface area contributed by atoms with Crippen LogP contribution in [0.15, 0.2) is 54.7 Å². The number of rotatable bonds is 5. The Kier molecular flexibility index (Phi) is 5.52. The van der Waals surface area contributed by atoms with Gasteiger partial charge < -0.3 is 0 Å². The number of pyridine rings is 1. The molecule has 1 amide bonds. The zero-order valence-electron chi connectivity index (χ0n) is 15.8. The van der Waals surface area contributed by atoms with Crippen LogP contribution in [0.2, 0.25) is 0 Å². The summed E-state index contributed by atoms with van der Waals surface area (Å²) in [7, 11) is 0. The number of alkyl halides is 3. The Morgan fingerprint density at radius 1 is 1.13 bits per heavy atom. The first-order valence-electron chi connectivity index (χ1n) is 9.27. The van der Waals surface area contributed by atoms with Crippen molar-refractivity contribution in [3.63, 3.8) is 0 Å². The maximum atomic E-state index is 14.0. The average Bonchev–Trinajstić information content (AvgIpc) is 3.37. The Balaban J connectivity index is 1.50. The molecule has 30 heavy (non-hydrogen) atoms. The van der Waals surface area contributed by atoms with Gasteiger partial charge in [-0.05, 0) is 30.7 Å². The van der Waals surface area contributed by atoms with E-state index in [2.05, 4.69) is 20.5 Å². The van der Waals surface area contributed by atoms with Gasteiger partial charge in [0.15, 0.2) is 10.4 Å². The zero-order chi connectivity index (χ0) is 21.2. The van der Waals surface area contributed by atoms with Crippen molar-refractivity contribution < 1.29 is 18.0 Å². The van der Waals surface area contributed by atoms with Crippen LogP contribution < -0.4 is 5.32 Å². The number of aromatic nitrogens is 3. The van der Waals surface area contributed by atoms with Crippen LogP contribution in [0.25, 0.3) is 10.7 Å². The summed E-state index contributed by atoms with van der Waals surface area (Å²) < 4.78 is 42.1. The molecule has 3 aromatic rings. The highest BCUT2D eigenvalue weighted by atomic mass is 32.1. The largest absolute Gasteiger partial charge is 0.404 e. The third-order valence-corrected chi connectivity index (χ3v) is 5.97. The summed E-state index contributed by atoms with van der Waals surface area (Å²) >= 11 is 0.988. The first-order valence-corrected chi connectivity index (χ1v) is 10.1. The van der Waals surface area contributed by atoms with Crippen LogP contribution in [0, 0.1) is 5.41 Å². The average molecular weight is 433 g/mol. The van der Waals surface area contributed by atoms with Crippen LogP contribution in [0.3, 0.4) is 0 Å². The van der Waals surface area contributed by atoms with Crippen LogP contribution in [0.5, 0.6) is 0 Å². The Hall–Kier alpha value is -2.85. The molecule has 0 aliphatic carbocycles. The zero-order valence-corrected chi connectivity index (χ0v) is 16.6. The minimum Gasteiger partial charge on any atom is -0.300 e. The van der Waals surface area contributed by atoms with Crippen LogP contribution in [0.4, 0.5) is 18.3 Å². The molecule has 0 radical (unpaired) electrons. The van der Waals surface area contributed by atoms with Gasteiger partial charge in [0.25, 0.3) is 0 Å². The molecule has 0 bridgehead atoms. The molecule has 0 saturated carbocycles. The van der Waals surface area contributed by atoms with Gasteiger partial charge >= 0.3 is 6.18 Å². The van der Waals surface area contributed by atoms with Crippen molar-refractivity contribution in [2.45, 2.75) is 19.1 Å². The number of nitrogens with one attached hydrogen (secondary N) is 1. The number of hydrogen-bond donors (Lipinski definition) is 1. The highest BCUT2D eigenvalue weighted by molar-refractivity contribution is 7.18. The standard InChI is InChI=1S/C20H18F3N5OS/c21-20(22,23)19(9-11-28(13-19)12-14-6-2-1-3-7-14)17(29)25-18-27-26-16(30-18)15-8-4-5-10-24-15/h1-8,10H,9,11-13H2,(H,25,27,29). The van der Waals surface area contributed by atoms with E-state index in [1.54, 1.807) is 29.3 Å². The monoisotopic (exact) mass is 433 g/mol. The molecule has 156 valence electrons. The smallest absolute Gasteiger partial charge is 0.300 e. The first-order chi connectivity index (χ1) is 14.4. The van der Waals surface area contributed by atoms with Gasteiger partial charge in [-0.3, -0.25) is 20.0 Å². The summed E-state index contributed by atoms with van der Waals surface area (Å²) in [5.74, 6) is -1.10. The van der Waals surface area contributed by atoms with Crippen LogP contribution in [-0.2, 0) is 11.3 Å². The highest BCUT2D eigenvalue weighted by Gasteiger charge is 2.63. The normalized spacial score (nSPS) is 19.7. The predicted molar refractivity (Wildman–Crippen MR) is 107 cm³/mol. The number of halogens is 3. The quantitative estimate of drug-likeness (QED) is 0.659. The second-order valence-corrected chi connectivity index (χ2v) is 8.09. The number of benzene rings is 1. The highest BCUT2D eigenvalue weighted by Crippen LogP contribution is 2.46.